The van der Waals surface area contributed by atoms with E-state index in [-0.39, 0.29) is 5.75 Å². The van der Waals surface area contributed by atoms with Crippen LogP contribution < -0.4 is 15.0 Å². The Kier molecular flexibility index (Phi) is 5.32. The van der Waals surface area contributed by atoms with Gasteiger partial charge in [0.15, 0.2) is 0 Å². The van der Waals surface area contributed by atoms with Crippen molar-refractivity contribution in [2.24, 2.45) is 0 Å². The topological polar surface area (TPSA) is 46.6 Å². The highest BCUT2D eigenvalue weighted by Gasteiger charge is 2.30. The first-order valence-corrected chi connectivity index (χ1v) is 8.01. The van der Waals surface area contributed by atoms with Crippen molar-refractivity contribution in [3.63, 3.8) is 0 Å². The summed E-state index contributed by atoms with van der Waals surface area (Å²) in [6, 6.07) is 9.26. The van der Waals surface area contributed by atoms with Crippen molar-refractivity contribution in [1.82, 2.24) is 4.98 Å². The molecule has 1 aromatic carbocycles. The van der Waals surface area contributed by atoms with Crippen LogP contribution in [0.5, 0.6) is 5.75 Å². The van der Waals surface area contributed by atoms with Crippen LogP contribution in [0, 0.1) is 0 Å². The predicted octanol–water partition coefficient (Wildman–Crippen LogP) is 3.90. The van der Waals surface area contributed by atoms with Crippen LogP contribution >= 0.6 is 0 Å². The third kappa shape index (κ3) is 4.89. The van der Waals surface area contributed by atoms with E-state index in [1.807, 2.05) is 12.1 Å². The van der Waals surface area contributed by atoms with Gasteiger partial charge in [-0.2, -0.15) is 0 Å². The average Bonchev–Trinajstić information content (AvgIpc) is 2.63. The van der Waals surface area contributed by atoms with E-state index in [0.717, 1.165) is 24.5 Å². The fourth-order valence-corrected chi connectivity index (χ4v) is 2.53. The lowest BCUT2D eigenvalue weighted by molar-refractivity contribution is -0.274. The number of ether oxygens (including phenoxy) is 2. The highest BCUT2D eigenvalue weighted by Crippen LogP contribution is 2.25. The Bertz CT molecular complexity index is 740. The molecule has 3 rings (SSSR count). The number of hydrogen-bond donors (Lipinski definition) is 1. The molecule has 0 spiro atoms. The second-order valence-electron chi connectivity index (χ2n) is 5.68. The quantitative estimate of drug-likeness (QED) is 0.871. The summed E-state index contributed by atoms with van der Waals surface area (Å²) < 4.78 is 45.7. The first kappa shape index (κ1) is 18.1. The number of anilines is 2. The van der Waals surface area contributed by atoms with E-state index >= 15 is 0 Å². The molecule has 0 unspecified atom stereocenters. The van der Waals surface area contributed by atoms with Crippen LogP contribution in [0.25, 0.3) is 5.70 Å². The van der Waals surface area contributed by atoms with Crippen LogP contribution in [-0.4, -0.2) is 37.6 Å². The van der Waals surface area contributed by atoms with E-state index < -0.39 is 6.36 Å². The molecule has 8 heteroatoms. The monoisotopic (exact) mass is 365 g/mol. The van der Waals surface area contributed by atoms with Crippen molar-refractivity contribution < 1.29 is 22.6 Å². The van der Waals surface area contributed by atoms with E-state index in [1.54, 1.807) is 6.20 Å². The predicted molar refractivity (Wildman–Crippen MR) is 93.1 cm³/mol. The Labute approximate surface area is 149 Å². The molecule has 0 radical (unpaired) electrons. The smallest absolute Gasteiger partial charge is 0.406 e. The molecule has 0 bridgehead atoms. The molecular weight excluding hydrogens is 347 g/mol. The minimum Gasteiger partial charge on any atom is -0.406 e. The maximum Gasteiger partial charge on any atom is 0.573 e. The molecule has 26 heavy (non-hydrogen) atoms. The summed E-state index contributed by atoms with van der Waals surface area (Å²) in [5, 5.41) is 3.04. The van der Waals surface area contributed by atoms with E-state index in [0.29, 0.717) is 24.6 Å². The standard InChI is InChI=1S/C18H18F3N3O2/c1-13(23-15-3-5-16(6-4-15)26-18(19,20)21)14-2-7-17(22-12-14)24-8-10-25-11-9-24/h2-7,12,23H,1,8-11H2. The SMILES string of the molecule is C=C(Nc1ccc(OC(F)(F)F)cc1)c1ccc(N2CCOCC2)nc1. The second kappa shape index (κ2) is 7.65. The zero-order valence-electron chi connectivity index (χ0n) is 13.9. The van der Waals surface area contributed by atoms with E-state index in [2.05, 4.69) is 26.5 Å². The van der Waals surface area contributed by atoms with Crippen LogP contribution in [0.15, 0.2) is 49.2 Å². The summed E-state index contributed by atoms with van der Waals surface area (Å²) >= 11 is 0. The van der Waals surface area contributed by atoms with Gasteiger partial charge in [-0.1, -0.05) is 6.58 Å². The van der Waals surface area contributed by atoms with Crippen LogP contribution in [0.4, 0.5) is 24.7 Å². The first-order chi connectivity index (χ1) is 12.4. The summed E-state index contributed by atoms with van der Waals surface area (Å²) in [7, 11) is 0. The van der Waals surface area contributed by atoms with Gasteiger partial charge in [-0.25, -0.2) is 4.98 Å². The zero-order valence-corrected chi connectivity index (χ0v) is 13.9. The number of nitrogens with one attached hydrogen (secondary N) is 1. The third-order valence-corrected chi connectivity index (χ3v) is 3.81. The number of alkyl halides is 3. The second-order valence-corrected chi connectivity index (χ2v) is 5.68. The molecule has 2 heterocycles. The van der Waals surface area contributed by atoms with Gasteiger partial charge in [-0.05, 0) is 36.4 Å². The molecule has 1 aromatic heterocycles. The highest BCUT2D eigenvalue weighted by molar-refractivity contribution is 5.75. The summed E-state index contributed by atoms with van der Waals surface area (Å²) in [5.41, 5.74) is 1.98. The minimum absolute atomic E-state index is 0.273. The Morgan fingerprint density at radius 1 is 1.12 bits per heavy atom. The van der Waals surface area contributed by atoms with Gasteiger partial charge in [0.25, 0.3) is 0 Å². The summed E-state index contributed by atoms with van der Waals surface area (Å²) in [6.07, 6.45) is -2.99. The van der Waals surface area contributed by atoms with Gasteiger partial charge in [0.05, 0.1) is 13.2 Å². The molecular formula is C18H18F3N3O2. The first-order valence-electron chi connectivity index (χ1n) is 8.01. The van der Waals surface area contributed by atoms with E-state index in [9.17, 15) is 13.2 Å². The molecule has 0 aliphatic carbocycles. The van der Waals surface area contributed by atoms with E-state index in [1.165, 1.54) is 24.3 Å². The minimum atomic E-state index is -4.70. The molecule has 0 atom stereocenters. The Morgan fingerprint density at radius 3 is 2.38 bits per heavy atom. The molecule has 138 valence electrons. The normalized spacial score (nSPS) is 14.8. The summed E-state index contributed by atoms with van der Waals surface area (Å²) in [6.45, 7) is 6.93. The van der Waals surface area contributed by atoms with Crippen LogP contribution in [0.2, 0.25) is 0 Å². The maximum absolute atomic E-state index is 12.2. The Hall–Kier alpha value is -2.74. The molecule has 0 amide bonds. The van der Waals surface area contributed by atoms with Crippen molar-refractivity contribution in [3.05, 3.63) is 54.7 Å². The summed E-state index contributed by atoms with van der Waals surface area (Å²) in [5.74, 6) is 0.601. The number of nitrogens with zero attached hydrogens (tertiary/aromatic N) is 2. The van der Waals surface area contributed by atoms with Gasteiger partial charge in [0, 0.05) is 36.2 Å². The number of morpholine rings is 1. The number of hydrogen-bond acceptors (Lipinski definition) is 5. The van der Waals surface area contributed by atoms with Crippen molar-refractivity contribution in [1.29, 1.82) is 0 Å². The number of rotatable bonds is 5. The molecule has 1 fully saturated rings. The fraction of sp³-hybridized carbons (Fsp3) is 0.278. The molecule has 1 saturated heterocycles. The lowest BCUT2D eigenvalue weighted by Crippen LogP contribution is -2.36. The van der Waals surface area contributed by atoms with Gasteiger partial charge in [0.2, 0.25) is 0 Å². The number of pyridine rings is 1. The lowest BCUT2D eigenvalue weighted by atomic mass is 10.2. The van der Waals surface area contributed by atoms with Crippen molar-refractivity contribution in [3.8, 4) is 5.75 Å². The molecule has 2 aromatic rings. The molecule has 1 aliphatic heterocycles. The maximum atomic E-state index is 12.2. The van der Waals surface area contributed by atoms with Crippen LogP contribution in [0.3, 0.4) is 0 Å². The average molecular weight is 365 g/mol. The Morgan fingerprint density at radius 2 is 1.81 bits per heavy atom. The van der Waals surface area contributed by atoms with Gasteiger partial charge in [0.1, 0.15) is 11.6 Å². The van der Waals surface area contributed by atoms with Gasteiger partial charge in [-0.15, -0.1) is 13.2 Å². The summed E-state index contributed by atoms with van der Waals surface area (Å²) in [4.78, 5) is 6.59. The molecule has 5 nitrogen and oxygen atoms in total. The zero-order chi connectivity index (χ0) is 18.6. The molecule has 1 N–H and O–H groups in total. The number of benzene rings is 1. The van der Waals surface area contributed by atoms with Gasteiger partial charge >= 0.3 is 6.36 Å². The number of aromatic nitrogens is 1. The van der Waals surface area contributed by atoms with Gasteiger partial charge < -0.3 is 19.7 Å². The Balaban J connectivity index is 1.60. The third-order valence-electron chi connectivity index (χ3n) is 3.81. The van der Waals surface area contributed by atoms with Crippen molar-refractivity contribution in [2.45, 2.75) is 6.36 Å². The van der Waals surface area contributed by atoms with Crippen molar-refractivity contribution >= 4 is 17.2 Å². The number of halogens is 3. The van der Waals surface area contributed by atoms with E-state index in [4.69, 9.17) is 4.74 Å². The van der Waals surface area contributed by atoms with Crippen LogP contribution in [0.1, 0.15) is 5.56 Å². The molecule has 0 saturated carbocycles. The lowest BCUT2D eigenvalue weighted by Gasteiger charge is -2.27. The fourth-order valence-electron chi connectivity index (χ4n) is 2.53. The largest absolute Gasteiger partial charge is 0.573 e. The van der Waals surface area contributed by atoms with Gasteiger partial charge in [-0.3, -0.25) is 0 Å². The van der Waals surface area contributed by atoms with Crippen LogP contribution in [-0.2, 0) is 4.74 Å². The molecule has 1 aliphatic rings. The van der Waals surface area contributed by atoms with Crippen molar-refractivity contribution in [2.75, 3.05) is 36.5 Å². The highest BCUT2D eigenvalue weighted by atomic mass is 19.4.